The Morgan fingerprint density at radius 3 is 2.20 bits per heavy atom. The molecule has 0 radical (unpaired) electrons. The van der Waals surface area contributed by atoms with Crippen molar-refractivity contribution >= 4 is 42.2 Å². The fourth-order valence-corrected chi connectivity index (χ4v) is 6.36. The number of non-ortho nitro benzene ring substituents is 1. The number of aromatic nitrogens is 4. The summed E-state index contributed by atoms with van der Waals surface area (Å²) in [4.78, 5) is 42.7. The molecule has 2 unspecified atom stereocenters. The second kappa shape index (κ2) is 10.4. The Hall–Kier alpha value is -2.99. The number of fused-ring (bicyclic) bond motifs is 1. The number of nitro groups is 1. The molecule has 4 rings (SSSR count). The summed E-state index contributed by atoms with van der Waals surface area (Å²) in [6.07, 6.45) is -14.8. The third-order valence-corrected chi connectivity index (χ3v) is 8.87. The number of benzene rings is 1. The summed E-state index contributed by atoms with van der Waals surface area (Å²) in [7, 11) is -6.16. The Morgan fingerprint density at radius 1 is 1.17 bits per heavy atom. The number of alkyl halides is 6. The molecule has 1 aliphatic rings. The summed E-state index contributed by atoms with van der Waals surface area (Å²) in [6, 6.07) is 5.41. The highest BCUT2D eigenvalue weighted by molar-refractivity contribution is 7.99. The van der Waals surface area contributed by atoms with Crippen molar-refractivity contribution in [2.75, 3.05) is 5.73 Å². The summed E-state index contributed by atoms with van der Waals surface area (Å²) < 4.78 is 99.1. The molecule has 2 atom stereocenters. The van der Waals surface area contributed by atoms with Gasteiger partial charge in [0.25, 0.3) is 5.69 Å². The lowest BCUT2D eigenvalue weighted by atomic mass is 10.1. The largest absolute Gasteiger partial charge is 0.392 e. The van der Waals surface area contributed by atoms with Crippen LogP contribution in [0.4, 0.5) is 38.0 Å². The van der Waals surface area contributed by atoms with Crippen molar-refractivity contribution < 1.29 is 50.4 Å². The van der Waals surface area contributed by atoms with E-state index < -0.39 is 61.1 Å². The lowest BCUT2D eigenvalue weighted by Crippen LogP contribution is -2.46. The van der Waals surface area contributed by atoms with Gasteiger partial charge in [-0.1, -0.05) is 18.7 Å². The van der Waals surface area contributed by atoms with Crippen molar-refractivity contribution in [2.24, 2.45) is 5.92 Å². The van der Waals surface area contributed by atoms with E-state index in [1.54, 1.807) is 0 Å². The maximum absolute atomic E-state index is 13.4. The van der Waals surface area contributed by atoms with Crippen molar-refractivity contribution in [1.29, 1.82) is 0 Å². The van der Waals surface area contributed by atoms with E-state index in [1.165, 1.54) is 42.1 Å². The second-order valence-electron chi connectivity index (χ2n) is 9.63. The van der Waals surface area contributed by atoms with E-state index in [4.69, 9.17) is 10.5 Å². The van der Waals surface area contributed by atoms with Crippen LogP contribution in [0.2, 0.25) is 0 Å². The van der Waals surface area contributed by atoms with Gasteiger partial charge in [0.1, 0.15) is 10.5 Å². The summed E-state index contributed by atoms with van der Waals surface area (Å²) in [6.45, 7) is 0.990. The van der Waals surface area contributed by atoms with Crippen LogP contribution in [0, 0.1) is 16.0 Å². The number of halogens is 6. The zero-order valence-corrected chi connectivity index (χ0v) is 22.5. The van der Waals surface area contributed by atoms with Crippen LogP contribution in [-0.4, -0.2) is 57.5 Å². The highest BCUT2D eigenvalue weighted by Crippen LogP contribution is 2.65. The third-order valence-electron chi connectivity index (χ3n) is 6.42. The maximum Gasteiger partial charge on any atom is 0.392 e. The van der Waals surface area contributed by atoms with Crippen molar-refractivity contribution in [1.82, 2.24) is 19.5 Å². The minimum absolute atomic E-state index is 0.0254. The topological polar surface area (TPSA) is 180 Å². The van der Waals surface area contributed by atoms with E-state index in [2.05, 4.69) is 15.0 Å². The van der Waals surface area contributed by atoms with Crippen LogP contribution in [0.5, 0.6) is 0 Å². The molecule has 0 saturated heterocycles. The van der Waals surface area contributed by atoms with Gasteiger partial charge in [0.15, 0.2) is 11.0 Å². The monoisotopic (exact) mass is 630 g/mol. The molecule has 1 aromatic carbocycles. The number of nitro benzene ring substituents is 1. The van der Waals surface area contributed by atoms with E-state index in [-0.39, 0.29) is 34.2 Å². The van der Waals surface area contributed by atoms with Gasteiger partial charge in [-0.15, -0.1) is 0 Å². The van der Waals surface area contributed by atoms with Gasteiger partial charge in [0, 0.05) is 17.0 Å². The summed E-state index contributed by atoms with van der Waals surface area (Å²) in [5.41, 5.74) is 3.99. The molecule has 41 heavy (non-hydrogen) atoms. The first-order valence-electron chi connectivity index (χ1n) is 11.5. The Kier molecular flexibility index (Phi) is 7.83. The van der Waals surface area contributed by atoms with E-state index in [9.17, 15) is 50.8 Å². The molecule has 2 heterocycles. The van der Waals surface area contributed by atoms with Crippen LogP contribution in [0.3, 0.4) is 0 Å². The predicted octanol–water partition coefficient (Wildman–Crippen LogP) is 5.04. The first-order chi connectivity index (χ1) is 18.7. The van der Waals surface area contributed by atoms with Crippen LogP contribution < -0.4 is 5.73 Å². The SMILES string of the molecule is CC1CC1(Cn1cnc2c(Sc3ccc([N+](=O)[O-])cc3)nc(N)nc21)OC(CC(F)(F)F)(CC(F)(F)F)P(=O)(O)O. The van der Waals surface area contributed by atoms with Crippen LogP contribution >= 0.6 is 19.4 Å². The van der Waals surface area contributed by atoms with Gasteiger partial charge in [-0.25, -0.2) is 9.97 Å². The molecule has 224 valence electrons. The average Bonchev–Trinajstić information content (AvgIpc) is 3.22. The summed E-state index contributed by atoms with van der Waals surface area (Å²) >= 11 is 1.01. The molecule has 3 aromatic rings. The minimum Gasteiger partial charge on any atom is -0.368 e. The molecular weight excluding hydrogens is 609 g/mol. The van der Waals surface area contributed by atoms with Crippen LogP contribution in [-0.2, 0) is 15.8 Å². The van der Waals surface area contributed by atoms with Crippen molar-refractivity contribution in [2.45, 2.75) is 65.9 Å². The summed E-state index contributed by atoms with van der Waals surface area (Å²) in [5, 5.41) is 7.17. The van der Waals surface area contributed by atoms with Gasteiger partial charge in [0.2, 0.25) is 5.95 Å². The quantitative estimate of drug-likeness (QED) is 0.0898. The van der Waals surface area contributed by atoms with E-state index >= 15 is 0 Å². The molecule has 12 nitrogen and oxygen atoms in total. The molecule has 1 fully saturated rings. The number of ether oxygens (including phenoxy) is 1. The first-order valence-corrected chi connectivity index (χ1v) is 14.0. The molecule has 0 amide bonds. The van der Waals surface area contributed by atoms with Gasteiger partial charge in [0.05, 0.1) is 36.2 Å². The molecule has 0 aliphatic heterocycles. The second-order valence-corrected chi connectivity index (χ2v) is 12.6. The first kappa shape index (κ1) is 31.0. The van der Waals surface area contributed by atoms with Crippen molar-refractivity contribution in [3.63, 3.8) is 0 Å². The number of nitrogens with two attached hydrogens (primary N) is 1. The van der Waals surface area contributed by atoms with Gasteiger partial charge in [-0.05, 0) is 24.5 Å². The normalized spacial score (nSPS) is 20.0. The molecule has 2 aromatic heterocycles. The molecule has 4 N–H and O–H groups in total. The van der Waals surface area contributed by atoms with Crippen LogP contribution in [0.15, 0.2) is 40.5 Å². The third kappa shape index (κ3) is 6.91. The van der Waals surface area contributed by atoms with Gasteiger partial charge < -0.3 is 24.8 Å². The van der Waals surface area contributed by atoms with Gasteiger partial charge in [-0.2, -0.15) is 31.3 Å². The van der Waals surface area contributed by atoms with Gasteiger partial charge >= 0.3 is 19.9 Å². The minimum atomic E-state index is -6.16. The maximum atomic E-state index is 13.4. The Balaban J connectivity index is 1.70. The number of nitrogen functional groups attached to an aromatic ring is 1. The lowest BCUT2D eigenvalue weighted by molar-refractivity contribution is -0.384. The van der Waals surface area contributed by atoms with Crippen molar-refractivity contribution in [3.8, 4) is 0 Å². The number of imidazole rings is 1. The van der Waals surface area contributed by atoms with E-state index in [1.807, 2.05) is 0 Å². The fourth-order valence-electron chi connectivity index (χ4n) is 4.42. The highest BCUT2D eigenvalue weighted by atomic mass is 32.2. The van der Waals surface area contributed by atoms with E-state index in [0.29, 0.717) is 4.90 Å². The number of anilines is 1. The van der Waals surface area contributed by atoms with Crippen molar-refractivity contribution in [3.05, 3.63) is 40.7 Å². The Labute approximate surface area is 230 Å². The van der Waals surface area contributed by atoms with Gasteiger partial charge in [-0.3, -0.25) is 14.7 Å². The Bertz CT molecular complexity index is 1500. The van der Waals surface area contributed by atoms with E-state index in [0.717, 1.165) is 11.8 Å². The number of hydrogen-bond donors (Lipinski definition) is 3. The number of nitrogens with zero attached hydrogens (tertiary/aromatic N) is 5. The average molecular weight is 630 g/mol. The smallest absolute Gasteiger partial charge is 0.368 e. The standard InChI is InChI=1S/C21H21F6N6O6PS/c1-11-6-18(11,39-19(40(36,37)38,7-20(22,23)24)8-21(25,26)27)9-32-10-29-14-15(32)30-17(28)31-16(14)41-13-4-2-12(3-5-13)33(34)35/h2-5,10-11H,6-9H2,1H3,(H2,28,30,31)(H2,36,37,38). The number of rotatable bonds is 10. The highest BCUT2D eigenvalue weighted by Gasteiger charge is 2.66. The Morgan fingerprint density at radius 2 is 1.73 bits per heavy atom. The molecular formula is C21H21F6N6O6PS. The predicted molar refractivity (Wildman–Crippen MR) is 131 cm³/mol. The molecule has 0 bridgehead atoms. The fraction of sp³-hybridized carbons (Fsp3) is 0.476. The molecule has 1 aliphatic carbocycles. The molecule has 1 saturated carbocycles. The summed E-state index contributed by atoms with van der Waals surface area (Å²) in [5.74, 6) is -0.957. The van der Waals surface area contributed by atoms with Crippen LogP contribution in [0.1, 0.15) is 26.2 Å². The number of hydrogen-bond acceptors (Lipinski definition) is 9. The lowest BCUT2D eigenvalue weighted by Gasteiger charge is -2.39. The zero-order chi connectivity index (χ0) is 30.6. The molecule has 20 heteroatoms. The molecule has 0 spiro atoms. The van der Waals surface area contributed by atoms with Crippen LogP contribution in [0.25, 0.3) is 11.2 Å². The zero-order valence-electron chi connectivity index (χ0n) is 20.8.